The molecular weight excluding hydrogens is 505 g/mol. The second-order valence-electron chi connectivity index (χ2n) is 9.20. The van der Waals surface area contributed by atoms with Gasteiger partial charge < -0.3 is 9.84 Å². The number of carboxylic acid groups (broad SMARTS) is 1. The quantitative estimate of drug-likeness (QED) is 0.369. The number of aromatic nitrogens is 1. The van der Waals surface area contributed by atoms with E-state index in [1.54, 1.807) is 18.2 Å². The molecule has 3 aromatic rings. The average Bonchev–Trinajstić information content (AvgIpc) is 2.89. The number of piperidine rings is 1. The summed E-state index contributed by atoms with van der Waals surface area (Å²) >= 11 is 6.32. The first-order chi connectivity index (χ1) is 17.7. The lowest BCUT2D eigenvalue weighted by molar-refractivity contribution is -0.152. The lowest BCUT2D eigenvalue weighted by Gasteiger charge is -2.38. The molecule has 5 nitrogen and oxygen atoms in total. The summed E-state index contributed by atoms with van der Waals surface area (Å²) in [7, 11) is 1.52. The van der Waals surface area contributed by atoms with Crippen molar-refractivity contribution in [3.8, 4) is 17.6 Å². The van der Waals surface area contributed by atoms with Gasteiger partial charge in [-0.1, -0.05) is 23.4 Å². The highest BCUT2D eigenvalue weighted by Crippen LogP contribution is 2.42. The van der Waals surface area contributed by atoms with Crippen LogP contribution in [0.1, 0.15) is 43.0 Å². The Labute approximate surface area is 218 Å². The van der Waals surface area contributed by atoms with Gasteiger partial charge in [-0.3, -0.25) is 14.7 Å². The predicted octanol–water partition coefficient (Wildman–Crippen LogP) is 6.18. The molecule has 1 aliphatic rings. The molecule has 0 bridgehead atoms. The number of likely N-dealkylation sites (tertiary alicyclic amines) is 1. The summed E-state index contributed by atoms with van der Waals surface area (Å²) in [5.41, 5.74) is 0.177. The minimum Gasteiger partial charge on any atom is -0.497 e. The standard InChI is InChI=1S/C28H26ClF3N2O3/c1-37-19-5-7-25-20(16-19)26(21(29)17-33-25)23(31)8-9-28(27(35)36)10-13-34(14-11-28)12-2-3-18-4-6-22(30)24(32)15-18/h4-7,15-17,23H,8-14H2,1H3,(H,35,36)/t23-/m1/s1. The predicted molar refractivity (Wildman–Crippen MR) is 135 cm³/mol. The molecule has 2 heterocycles. The summed E-state index contributed by atoms with van der Waals surface area (Å²) in [6.07, 6.45) is 0.785. The minimum absolute atomic E-state index is 0.00171. The molecule has 1 fully saturated rings. The number of fused-ring (bicyclic) bond motifs is 1. The third kappa shape index (κ3) is 6.00. The van der Waals surface area contributed by atoms with Gasteiger partial charge in [0.1, 0.15) is 11.9 Å². The molecule has 1 atom stereocenters. The Morgan fingerprint density at radius 2 is 1.97 bits per heavy atom. The summed E-state index contributed by atoms with van der Waals surface area (Å²) in [4.78, 5) is 18.5. The van der Waals surface area contributed by atoms with Gasteiger partial charge in [0, 0.05) is 35.8 Å². The zero-order valence-corrected chi connectivity index (χ0v) is 21.0. The van der Waals surface area contributed by atoms with E-state index in [0.29, 0.717) is 54.7 Å². The Bertz CT molecular complexity index is 1360. The molecule has 0 amide bonds. The molecule has 1 N–H and O–H groups in total. The highest BCUT2D eigenvalue weighted by Gasteiger charge is 2.41. The van der Waals surface area contributed by atoms with Crippen LogP contribution in [0.2, 0.25) is 5.02 Å². The van der Waals surface area contributed by atoms with Gasteiger partial charge in [-0.05, 0) is 62.1 Å². The van der Waals surface area contributed by atoms with Crippen molar-refractivity contribution in [3.05, 3.63) is 70.4 Å². The number of pyridine rings is 1. The number of aliphatic carboxylic acids is 1. The number of hydrogen-bond donors (Lipinski definition) is 1. The van der Waals surface area contributed by atoms with Gasteiger partial charge in [-0.25, -0.2) is 13.2 Å². The van der Waals surface area contributed by atoms with Gasteiger partial charge in [0.25, 0.3) is 0 Å². The third-order valence-corrected chi connectivity index (χ3v) is 7.28. The van der Waals surface area contributed by atoms with Crippen molar-refractivity contribution in [2.24, 2.45) is 5.41 Å². The van der Waals surface area contributed by atoms with E-state index in [0.717, 1.165) is 12.1 Å². The van der Waals surface area contributed by atoms with Crippen molar-refractivity contribution in [1.29, 1.82) is 0 Å². The van der Waals surface area contributed by atoms with Crippen LogP contribution in [-0.2, 0) is 4.79 Å². The number of ether oxygens (including phenoxy) is 1. The second-order valence-corrected chi connectivity index (χ2v) is 9.61. The summed E-state index contributed by atoms with van der Waals surface area (Å²) in [5.74, 6) is 3.44. The maximum atomic E-state index is 15.6. The van der Waals surface area contributed by atoms with Gasteiger partial charge >= 0.3 is 5.97 Å². The highest BCUT2D eigenvalue weighted by molar-refractivity contribution is 6.32. The average molecular weight is 531 g/mol. The van der Waals surface area contributed by atoms with Crippen LogP contribution in [0.15, 0.2) is 42.6 Å². The number of rotatable bonds is 7. The molecule has 0 saturated carbocycles. The number of methoxy groups -OCH3 is 1. The number of nitrogens with zero attached hydrogens (tertiary/aromatic N) is 2. The summed E-state index contributed by atoms with van der Waals surface area (Å²) in [5, 5.41) is 10.8. The summed E-state index contributed by atoms with van der Waals surface area (Å²) in [6.45, 7) is 1.32. The Morgan fingerprint density at radius 3 is 2.65 bits per heavy atom. The van der Waals surface area contributed by atoms with Crippen LogP contribution in [0.5, 0.6) is 5.75 Å². The van der Waals surface area contributed by atoms with Crippen molar-refractivity contribution in [2.45, 2.75) is 31.9 Å². The minimum atomic E-state index is -1.47. The van der Waals surface area contributed by atoms with Crippen LogP contribution in [-0.4, -0.2) is 47.7 Å². The third-order valence-electron chi connectivity index (χ3n) is 6.98. The fraction of sp³-hybridized carbons (Fsp3) is 0.357. The summed E-state index contributed by atoms with van der Waals surface area (Å²) in [6, 6.07) is 8.61. The van der Waals surface area contributed by atoms with E-state index in [4.69, 9.17) is 16.3 Å². The molecule has 9 heteroatoms. The monoisotopic (exact) mass is 530 g/mol. The van der Waals surface area contributed by atoms with Crippen LogP contribution < -0.4 is 4.74 Å². The van der Waals surface area contributed by atoms with Crippen LogP contribution in [0.25, 0.3) is 10.9 Å². The van der Waals surface area contributed by atoms with Gasteiger partial charge in [-0.15, -0.1) is 0 Å². The van der Waals surface area contributed by atoms with Crippen molar-refractivity contribution in [3.63, 3.8) is 0 Å². The first-order valence-corrected chi connectivity index (χ1v) is 12.3. The molecule has 4 rings (SSSR count). The van der Waals surface area contributed by atoms with E-state index in [-0.39, 0.29) is 23.4 Å². The van der Waals surface area contributed by atoms with Crippen molar-refractivity contribution >= 4 is 28.5 Å². The zero-order chi connectivity index (χ0) is 26.6. The molecule has 2 aromatic carbocycles. The summed E-state index contributed by atoms with van der Waals surface area (Å²) < 4.78 is 47.2. The number of carbonyl (C=O) groups is 1. The fourth-order valence-electron chi connectivity index (χ4n) is 4.70. The molecule has 1 aromatic heterocycles. The highest BCUT2D eigenvalue weighted by atomic mass is 35.5. The first-order valence-electron chi connectivity index (χ1n) is 11.9. The maximum absolute atomic E-state index is 15.6. The Hall–Kier alpha value is -3.28. The zero-order valence-electron chi connectivity index (χ0n) is 20.2. The molecule has 0 radical (unpaired) electrons. The molecule has 0 unspecified atom stereocenters. The number of carboxylic acids is 1. The van der Waals surface area contributed by atoms with Gasteiger partial charge in [0.05, 0.1) is 29.6 Å². The molecule has 37 heavy (non-hydrogen) atoms. The van der Waals surface area contributed by atoms with E-state index in [2.05, 4.69) is 16.8 Å². The smallest absolute Gasteiger partial charge is 0.309 e. The Morgan fingerprint density at radius 1 is 1.22 bits per heavy atom. The molecule has 1 aliphatic heterocycles. The molecule has 1 saturated heterocycles. The number of alkyl halides is 1. The van der Waals surface area contributed by atoms with E-state index < -0.39 is 29.2 Å². The normalized spacial score (nSPS) is 16.1. The lowest BCUT2D eigenvalue weighted by Crippen LogP contribution is -2.44. The van der Waals surface area contributed by atoms with E-state index in [9.17, 15) is 18.7 Å². The van der Waals surface area contributed by atoms with Crippen molar-refractivity contribution < 1.29 is 27.8 Å². The van der Waals surface area contributed by atoms with Crippen molar-refractivity contribution in [2.75, 3.05) is 26.7 Å². The second kappa shape index (κ2) is 11.4. The molecule has 0 aliphatic carbocycles. The number of halogens is 4. The lowest BCUT2D eigenvalue weighted by atomic mass is 9.74. The number of benzene rings is 2. The van der Waals surface area contributed by atoms with Crippen LogP contribution >= 0.6 is 11.6 Å². The van der Waals surface area contributed by atoms with Gasteiger partial charge in [0.15, 0.2) is 11.6 Å². The number of hydrogen-bond acceptors (Lipinski definition) is 4. The van der Waals surface area contributed by atoms with E-state index in [1.165, 1.54) is 19.4 Å². The van der Waals surface area contributed by atoms with Crippen LogP contribution in [0, 0.1) is 28.9 Å². The van der Waals surface area contributed by atoms with E-state index in [1.807, 2.05) is 4.90 Å². The van der Waals surface area contributed by atoms with Crippen LogP contribution in [0.4, 0.5) is 13.2 Å². The van der Waals surface area contributed by atoms with Gasteiger partial charge in [-0.2, -0.15) is 0 Å². The SMILES string of the molecule is COc1ccc2ncc(Cl)c([C@H](F)CCC3(C(=O)O)CCN(CC#Cc4ccc(F)c(F)c4)CC3)c2c1. The van der Waals surface area contributed by atoms with Gasteiger partial charge in [0.2, 0.25) is 0 Å². The molecule has 194 valence electrons. The maximum Gasteiger partial charge on any atom is 0.309 e. The van der Waals surface area contributed by atoms with Crippen LogP contribution in [0.3, 0.4) is 0 Å². The molecular formula is C28H26ClF3N2O3. The van der Waals surface area contributed by atoms with E-state index >= 15 is 4.39 Å². The topological polar surface area (TPSA) is 62.7 Å². The van der Waals surface area contributed by atoms with Crippen molar-refractivity contribution in [1.82, 2.24) is 9.88 Å². The first kappa shape index (κ1) is 26.8. The Kier molecular flexibility index (Phi) is 8.25. The molecule has 0 spiro atoms. The fourth-order valence-corrected chi connectivity index (χ4v) is 4.97. The largest absolute Gasteiger partial charge is 0.497 e. The Balaban J connectivity index is 1.41.